The fourth-order valence-electron chi connectivity index (χ4n) is 2.50. The molecule has 0 aliphatic carbocycles. The van der Waals surface area contributed by atoms with Crippen molar-refractivity contribution in [3.8, 4) is 5.75 Å². The molecular weight excluding hydrogens is 252 g/mol. The van der Waals surface area contributed by atoms with E-state index in [9.17, 15) is 10.2 Å². The maximum atomic E-state index is 9.55. The predicted molar refractivity (Wildman–Crippen MR) is 78.9 cm³/mol. The van der Waals surface area contributed by atoms with Crippen LogP contribution in [-0.2, 0) is 0 Å². The number of hydrogen-bond donors (Lipinski definition) is 2. The van der Waals surface area contributed by atoms with Crippen LogP contribution in [0.25, 0.3) is 0 Å². The SMILES string of the molecule is COc1cccc([C@H](c2ccccc2)C(CO)CO)c1. The van der Waals surface area contributed by atoms with Crippen LogP contribution >= 0.6 is 0 Å². The van der Waals surface area contributed by atoms with E-state index in [4.69, 9.17) is 4.74 Å². The Morgan fingerprint density at radius 2 is 1.55 bits per heavy atom. The topological polar surface area (TPSA) is 49.7 Å². The van der Waals surface area contributed by atoms with Crippen LogP contribution in [-0.4, -0.2) is 30.5 Å². The van der Waals surface area contributed by atoms with Gasteiger partial charge in [-0.05, 0) is 23.3 Å². The normalized spacial score (nSPS) is 12.4. The maximum Gasteiger partial charge on any atom is 0.119 e. The number of benzene rings is 2. The summed E-state index contributed by atoms with van der Waals surface area (Å²) in [5.74, 6) is 0.490. The third kappa shape index (κ3) is 3.18. The van der Waals surface area contributed by atoms with E-state index in [-0.39, 0.29) is 25.0 Å². The van der Waals surface area contributed by atoms with Crippen molar-refractivity contribution in [1.29, 1.82) is 0 Å². The van der Waals surface area contributed by atoms with Gasteiger partial charge in [-0.3, -0.25) is 0 Å². The molecule has 0 aliphatic rings. The van der Waals surface area contributed by atoms with Gasteiger partial charge in [-0.2, -0.15) is 0 Å². The standard InChI is InChI=1S/C17H20O3/c1-20-16-9-5-8-14(10-16)17(15(11-18)12-19)13-6-3-2-4-7-13/h2-10,15,17-19H,11-12H2,1H3/t17-/m0/s1. The maximum absolute atomic E-state index is 9.55. The van der Waals surface area contributed by atoms with Crippen molar-refractivity contribution in [3.05, 3.63) is 65.7 Å². The molecule has 0 aromatic heterocycles. The summed E-state index contributed by atoms with van der Waals surface area (Å²) in [6, 6.07) is 17.7. The number of methoxy groups -OCH3 is 1. The number of aliphatic hydroxyl groups excluding tert-OH is 2. The molecule has 0 saturated carbocycles. The highest BCUT2D eigenvalue weighted by molar-refractivity contribution is 5.38. The highest BCUT2D eigenvalue weighted by Gasteiger charge is 2.24. The van der Waals surface area contributed by atoms with Crippen LogP contribution in [0.3, 0.4) is 0 Å². The molecule has 2 aromatic rings. The van der Waals surface area contributed by atoms with E-state index >= 15 is 0 Å². The van der Waals surface area contributed by atoms with Gasteiger partial charge in [0.1, 0.15) is 5.75 Å². The Hall–Kier alpha value is -1.84. The van der Waals surface area contributed by atoms with Gasteiger partial charge in [0.25, 0.3) is 0 Å². The Morgan fingerprint density at radius 1 is 0.900 bits per heavy atom. The van der Waals surface area contributed by atoms with Crippen molar-refractivity contribution >= 4 is 0 Å². The second-order valence-electron chi connectivity index (χ2n) is 4.79. The number of hydrogen-bond acceptors (Lipinski definition) is 3. The first-order valence-corrected chi connectivity index (χ1v) is 6.70. The van der Waals surface area contributed by atoms with E-state index < -0.39 is 0 Å². The lowest BCUT2D eigenvalue weighted by atomic mass is 9.81. The second-order valence-corrected chi connectivity index (χ2v) is 4.79. The Morgan fingerprint density at radius 3 is 2.15 bits per heavy atom. The summed E-state index contributed by atoms with van der Waals surface area (Å²) >= 11 is 0. The van der Waals surface area contributed by atoms with Crippen molar-refractivity contribution in [1.82, 2.24) is 0 Å². The molecule has 20 heavy (non-hydrogen) atoms. The fraction of sp³-hybridized carbons (Fsp3) is 0.294. The predicted octanol–water partition coefficient (Wildman–Crippen LogP) is 2.43. The molecule has 0 fully saturated rings. The van der Waals surface area contributed by atoms with Crippen molar-refractivity contribution in [2.75, 3.05) is 20.3 Å². The summed E-state index contributed by atoms with van der Waals surface area (Å²) in [5.41, 5.74) is 2.11. The van der Waals surface area contributed by atoms with Gasteiger partial charge in [-0.1, -0.05) is 42.5 Å². The summed E-state index contributed by atoms with van der Waals surface area (Å²) in [6.45, 7) is -0.124. The zero-order valence-corrected chi connectivity index (χ0v) is 11.6. The van der Waals surface area contributed by atoms with Gasteiger partial charge in [0.05, 0.1) is 7.11 Å². The fourth-order valence-corrected chi connectivity index (χ4v) is 2.50. The van der Waals surface area contributed by atoms with Crippen LogP contribution < -0.4 is 4.74 Å². The van der Waals surface area contributed by atoms with E-state index in [1.54, 1.807) is 7.11 Å². The lowest BCUT2D eigenvalue weighted by Gasteiger charge is -2.25. The Bertz CT molecular complexity index is 521. The van der Waals surface area contributed by atoms with E-state index in [1.807, 2.05) is 54.6 Å². The molecule has 1 atom stereocenters. The first-order chi connectivity index (χ1) is 9.80. The Kier molecular flexibility index (Phi) is 5.16. The number of rotatable bonds is 6. The van der Waals surface area contributed by atoms with Crippen molar-refractivity contribution in [2.45, 2.75) is 5.92 Å². The summed E-state index contributed by atoms with van der Waals surface area (Å²) in [4.78, 5) is 0. The third-order valence-corrected chi connectivity index (χ3v) is 3.55. The molecule has 0 spiro atoms. The smallest absolute Gasteiger partial charge is 0.119 e. The molecule has 2 N–H and O–H groups in total. The lowest BCUT2D eigenvalue weighted by Crippen LogP contribution is -2.21. The molecule has 2 rings (SSSR count). The second kappa shape index (κ2) is 7.08. The molecule has 0 aliphatic heterocycles. The number of aliphatic hydroxyl groups is 2. The van der Waals surface area contributed by atoms with Gasteiger partial charge in [0.15, 0.2) is 0 Å². The molecular formula is C17H20O3. The highest BCUT2D eigenvalue weighted by Crippen LogP contribution is 2.33. The third-order valence-electron chi connectivity index (χ3n) is 3.55. The van der Waals surface area contributed by atoms with E-state index in [0.29, 0.717) is 0 Å². The molecule has 0 heterocycles. The molecule has 3 heteroatoms. The van der Waals surface area contributed by atoms with Gasteiger partial charge >= 0.3 is 0 Å². The molecule has 0 unspecified atom stereocenters. The molecule has 2 aromatic carbocycles. The van der Waals surface area contributed by atoms with Gasteiger partial charge < -0.3 is 14.9 Å². The monoisotopic (exact) mass is 272 g/mol. The van der Waals surface area contributed by atoms with Crippen LogP contribution in [0, 0.1) is 5.92 Å². The number of ether oxygens (including phenoxy) is 1. The minimum Gasteiger partial charge on any atom is -0.497 e. The average Bonchev–Trinajstić information content (AvgIpc) is 2.53. The summed E-state index contributed by atoms with van der Waals surface area (Å²) in [5, 5.41) is 19.1. The molecule has 0 bridgehead atoms. The Labute approximate surface area is 119 Å². The van der Waals surface area contributed by atoms with E-state index in [0.717, 1.165) is 16.9 Å². The molecule has 106 valence electrons. The first kappa shape index (κ1) is 14.6. The zero-order chi connectivity index (χ0) is 14.4. The quantitative estimate of drug-likeness (QED) is 0.849. The zero-order valence-electron chi connectivity index (χ0n) is 11.6. The Balaban J connectivity index is 2.45. The lowest BCUT2D eigenvalue weighted by molar-refractivity contribution is 0.138. The largest absolute Gasteiger partial charge is 0.497 e. The summed E-state index contributed by atoms with van der Waals surface area (Å²) in [7, 11) is 1.63. The van der Waals surface area contributed by atoms with Gasteiger partial charge in [-0.25, -0.2) is 0 Å². The van der Waals surface area contributed by atoms with Gasteiger partial charge in [-0.15, -0.1) is 0 Å². The minimum atomic E-state index is -0.232. The van der Waals surface area contributed by atoms with Crippen LogP contribution in [0.1, 0.15) is 17.0 Å². The van der Waals surface area contributed by atoms with Crippen LogP contribution in [0.15, 0.2) is 54.6 Å². The average molecular weight is 272 g/mol. The van der Waals surface area contributed by atoms with E-state index in [1.165, 1.54) is 0 Å². The molecule has 0 radical (unpaired) electrons. The van der Waals surface area contributed by atoms with Crippen LogP contribution in [0.2, 0.25) is 0 Å². The summed E-state index contributed by atoms with van der Waals surface area (Å²) < 4.78 is 5.26. The van der Waals surface area contributed by atoms with Crippen molar-refractivity contribution in [3.63, 3.8) is 0 Å². The molecule has 3 nitrogen and oxygen atoms in total. The van der Waals surface area contributed by atoms with Gasteiger partial charge in [0.2, 0.25) is 0 Å². The highest BCUT2D eigenvalue weighted by atomic mass is 16.5. The minimum absolute atomic E-state index is 0.0544. The van der Waals surface area contributed by atoms with E-state index in [2.05, 4.69) is 0 Å². The van der Waals surface area contributed by atoms with Crippen LogP contribution in [0.4, 0.5) is 0 Å². The first-order valence-electron chi connectivity index (χ1n) is 6.70. The molecule has 0 amide bonds. The van der Waals surface area contributed by atoms with Crippen molar-refractivity contribution in [2.24, 2.45) is 5.92 Å². The molecule has 0 saturated heterocycles. The van der Waals surface area contributed by atoms with Crippen LogP contribution in [0.5, 0.6) is 5.75 Å². The summed E-state index contributed by atoms with van der Waals surface area (Å²) in [6.07, 6.45) is 0. The van der Waals surface area contributed by atoms with Crippen molar-refractivity contribution < 1.29 is 14.9 Å². The van der Waals surface area contributed by atoms with Gasteiger partial charge in [0, 0.05) is 25.0 Å².